The van der Waals surface area contributed by atoms with E-state index < -0.39 is 29.0 Å². The third kappa shape index (κ3) is 5.08. The quantitative estimate of drug-likeness (QED) is 0.545. The summed E-state index contributed by atoms with van der Waals surface area (Å²) < 4.78 is 44.3. The third-order valence-electron chi connectivity index (χ3n) is 6.34. The number of alkyl halides is 3. The molecule has 1 aliphatic carbocycles. The van der Waals surface area contributed by atoms with E-state index in [-0.39, 0.29) is 17.2 Å². The number of nitrogens with zero attached hydrogens (tertiary/aromatic N) is 1. The van der Waals surface area contributed by atoms with Crippen molar-refractivity contribution in [3.8, 4) is 0 Å². The summed E-state index contributed by atoms with van der Waals surface area (Å²) in [6.45, 7) is 8.06. The summed E-state index contributed by atoms with van der Waals surface area (Å²) in [6, 6.07) is 3.70. The maximum Gasteiger partial charge on any atom is 0.523 e. The zero-order chi connectivity index (χ0) is 25.7. The van der Waals surface area contributed by atoms with Crippen molar-refractivity contribution >= 4 is 40.1 Å². The van der Waals surface area contributed by atoms with Gasteiger partial charge in [-0.2, -0.15) is 0 Å². The summed E-state index contributed by atoms with van der Waals surface area (Å²) >= 11 is 0.736. The molecule has 3 aliphatic rings. The molecule has 0 bridgehead atoms. The minimum absolute atomic E-state index is 0.0419. The van der Waals surface area contributed by atoms with Crippen molar-refractivity contribution in [2.24, 2.45) is 0 Å². The standard InChI is InChI=1S/C25H25F3N2O4S/c1-5-30-18-11-15(13(2)8-17(18)24(3,4)12-21(30)31)16-9-14(6-7-19(16)34-25(26,27)28)10-20-22(32)29-23(33)35-20/h6,8-11,19H,5,7,12H2,1-4H3,(H,29,32,33)/b20-10-. The second kappa shape index (κ2) is 8.98. The van der Waals surface area contributed by atoms with Gasteiger partial charge in [-0.05, 0) is 78.1 Å². The molecule has 6 nitrogen and oxygen atoms in total. The van der Waals surface area contributed by atoms with Crippen molar-refractivity contribution < 1.29 is 32.3 Å². The van der Waals surface area contributed by atoms with Crippen LogP contribution in [-0.4, -0.2) is 36.1 Å². The summed E-state index contributed by atoms with van der Waals surface area (Å²) in [5, 5.41) is 1.66. The Morgan fingerprint density at radius 2 is 1.97 bits per heavy atom. The van der Waals surface area contributed by atoms with E-state index in [4.69, 9.17) is 0 Å². The van der Waals surface area contributed by atoms with E-state index in [0.29, 0.717) is 35.4 Å². The van der Waals surface area contributed by atoms with E-state index in [1.54, 1.807) is 23.1 Å². The van der Waals surface area contributed by atoms with Crippen LogP contribution in [0.5, 0.6) is 0 Å². The van der Waals surface area contributed by atoms with Crippen LogP contribution in [0.25, 0.3) is 5.57 Å². The summed E-state index contributed by atoms with van der Waals surface area (Å²) in [5.41, 5.74) is 3.28. The SMILES string of the molecule is CCN1C(=O)CC(C)(C)c2cc(C)c(C3=CC(/C=C4\SC(=O)NC4=O)=CCC3OC(F)(F)F)cc21. The Bertz CT molecular complexity index is 1210. The van der Waals surface area contributed by atoms with Crippen LogP contribution < -0.4 is 10.2 Å². The first-order chi connectivity index (χ1) is 16.3. The van der Waals surface area contributed by atoms with E-state index in [2.05, 4.69) is 10.1 Å². The number of amides is 3. The lowest BCUT2D eigenvalue weighted by atomic mass is 9.75. The number of allylic oxidation sites excluding steroid dienone is 3. The fourth-order valence-corrected chi connectivity index (χ4v) is 5.40. The number of carbonyl (C=O) groups excluding carboxylic acids is 3. The topological polar surface area (TPSA) is 75.7 Å². The van der Waals surface area contributed by atoms with E-state index in [0.717, 1.165) is 22.9 Å². The molecule has 1 aromatic rings. The number of rotatable bonds is 4. The number of hydrogen-bond acceptors (Lipinski definition) is 5. The highest BCUT2D eigenvalue weighted by molar-refractivity contribution is 8.18. The van der Waals surface area contributed by atoms with E-state index >= 15 is 0 Å². The number of hydrogen-bond donors (Lipinski definition) is 1. The average Bonchev–Trinajstić information content (AvgIpc) is 3.05. The van der Waals surface area contributed by atoms with Gasteiger partial charge in [-0.1, -0.05) is 26.0 Å². The van der Waals surface area contributed by atoms with Gasteiger partial charge in [0.1, 0.15) is 0 Å². The molecule has 1 unspecified atom stereocenters. The van der Waals surface area contributed by atoms with Gasteiger partial charge in [0, 0.05) is 24.1 Å². The maximum absolute atomic E-state index is 13.3. The van der Waals surface area contributed by atoms with Crippen molar-refractivity contribution in [2.75, 3.05) is 11.4 Å². The van der Waals surface area contributed by atoms with E-state index in [1.807, 2.05) is 33.8 Å². The fourth-order valence-electron chi connectivity index (χ4n) is 4.72. The molecule has 2 aliphatic heterocycles. The Kier molecular flexibility index (Phi) is 6.48. The highest BCUT2D eigenvalue weighted by Crippen LogP contribution is 2.44. The molecule has 1 atom stereocenters. The molecular formula is C25H25F3N2O4S. The van der Waals surface area contributed by atoms with Gasteiger partial charge in [-0.15, -0.1) is 13.2 Å². The van der Waals surface area contributed by atoms with Gasteiger partial charge in [0.25, 0.3) is 11.1 Å². The Morgan fingerprint density at radius 3 is 2.57 bits per heavy atom. The molecule has 1 saturated heterocycles. The molecule has 1 N–H and O–H groups in total. The van der Waals surface area contributed by atoms with Crippen LogP contribution in [0.15, 0.2) is 40.8 Å². The second-order valence-corrected chi connectivity index (χ2v) is 10.3. The van der Waals surface area contributed by atoms with Crippen molar-refractivity contribution in [3.63, 3.8) is 0 Å². The maximum atomic E-state index is 13.3. The smallest absolute Gasteiger partial charge is 0.312 e. The van der Waals surface area contributed by atoms with Crippen LogP contribution in [0.1, 0.15) is 50.3 Å². The Hall–Kier alpha value is -2.85. The molecule has 0 aromatic heterocycles. The van der Waals surface area contributed by atoms with Crippen molar-refractivity contribution in [3.05, 3.63) is 57.5 Å². The van der Waals surface area contributed by atoms with Crippen molar-refractivity contribution in [2.45, 2.75) is 58.4 Å². The Labute approximate surface area is 205 Å². The van der Waals surface area contributed by atoms with Crippen LogP contribution in [0.3, 0.4) is 0 Å². The first-order valence-electron chi connectivity index (χ1n) is 11.2. The zero-order valence-electron chi connectivity index (χ0n) is 19.7. The normalized spacial score (nSPS) is 23.3. The molecule has 4 rings (SSSR count). The summed E-state index contributed by atoms with van der Waals surface area (Å²) in [6.07, 6.45) is -1.32. The largest absolute Gasteiger partial charge is 0.523 e. The highest BCUT2D eigenvalue weighted by atomic mass is 32.2. The highest BCUT2D eigenvalue weighted by Gasteiger charge is 2.39. The Morgan fingerprint density at radius 1 is 1.26 bits per heavy atom. The lowest BCUT2D eigenvalue weighted by molar-refractivity contribution is -0.334. The van der Waals surface area contributed by atoms with E-state index in [1.165, 1.54) is 6.08 Å². The molecular weight excluding hydrogens is 481 g/mol. The first kappa shape index (κ1) is 25.2. The lowest BCUT2D eigenvalue weighted by Crippen LogP contribution is -2.42. The van der Waals surface area contributed by atoms with Crippen molar-refractivity contribution in [1.29, 1.82) is 0 Å². The molecule has 3 amide bonds. The number of ether oxygens (including phenoxy) is 1. The van der Waals surface area contributed by atoms with Crippen LogP contribution >= 0.6 is 11.8 Å². The monoisotopic (exact) mass is 506 g/mol. The molecule has 0 saturated carbocycles. The summed E-state index contributed by atoms with van der Waals surface area (Å²) in [7, 11) is 0. The first-order valence-corrected chi connectivity index (χ1v) is 12.0. The number of aryl methyl sites for hydroxylation is 1. The van der Waals surface area contributed by atoms with Gasteiger partial charge in [0.2, 0.25) is 5.91 Å². The van der Waals surface area contributed by atoms with E-state index in [9.17, 15) is 27.6 Å². The lowest BCUT2D eigenvalue weighted by Gasteiger charge is -2.39. The fraction of sp³-hybridized carbons (Fsp3) is 0.400. The molecule has 10 heteroatoms. The minimum Gasteiger partial charge on any atom is -0.312 e. The number of imide groups is 1. The number of benzene rings is 1. The van der Waals surface area contributed by atoms with Gasteiger partial charge in [-0.3, -0.25) is 24.4 Å². The van der Waals surface area contributed by atoms with Crippen LogP contribution in [0, 0.1) is 6.92 Å². The number of thioether (sulfide) groups is 1. The molecule has 0 radical (unpaired) electrons. The molecule has 186 valence electrons. The van der Waals surface area contributed by atoms with Gasteiger partial charge in [-0.25, -0.2) is 0 Å². The number of carbonyl (C=O) groups is 3. The molecule has 35 heavy (non-hydrogen) atoms. The van der Waals surface area contributed by atoms with Gasteiger partial charge >= 0.3 is 6.36 Å². The van der Waals surface area contributed by atoms with Gasteiger partial charge in [0.05, 0.1) is 11.0 Å². The van der Waals surface area contributed by atoms with Crippen LogP contribution in [0.2, 0.25) is 0 Å². The average molecular weight is 507 g/mol. The predicted octanol–water partition coefficient (Wildman–Crippen LogP) is 5.51. The summed E-state index contributed by atoms with van der Waals surface area (Å²) in [4.78, 5) is 38.1. The summed E-state index contributed by atoms with van der Waals surface area (Å²) in [5.74, 6) is -0.589. The number of fused-ring (bicyclic) bond motifs is 1. The molecule has 1 aromatic carbocycles. The molecule has 0 spiro atoms. The van der Waals surface area contributed by atoms with Crippen LogP contribution in [0.4, 0.5) is 23.7 Å². The molecule has 1 fully saturated rings. The minimum atomic E-state index is -4.85. The predicted molar refractivity (Wildman–Crippen MR) is 128 cm³/mol. The number of nitrogens with one attached hydrogen (secondary N) is 1. The zero-order valence-corrected chi connectivity index (χ0v) is 20.5. The van der Waals surface area contributed by atoms with Gasteiger partial charge in [0.15, 0.2) is 0 Å². The van der Waals surface area contributed by atoms with Crippen LogP contribution in [-0.2, 0) is 19.7 Å². The Balaban J connectivity index is 1.84. The van der Waals surface area contributed by atoms with Gasteiger partial charge < -0.3 is 4.90 Å². The third-order valence-corrected chi connectivity index (χ3v) is 7.15. The van der Waals surface area contributed by atoms with Crippen molar-refractivity contribution in [1.82, 2.24) is 5.32 Å². The molecule has 2 heterocycles. The second-order valence-electron chi connectivity index (χ2n) is 9.33. The number of halogens is 3. The number of anilines is 1.